The van der Waals surface area contributed by atoms with Crippen LogP contribution in [0, 0.1) is 13.8 Å². The molecule has 20 heavy (non-hydrogen) atoms. The topological polar surface area (TPSA) is 24.9 Å². The normalized spacial score (nSPS) is 12.6. The van der Waals surface area contributed by atoms with Crippen molar-refractivity contribution in [1.29, 1.82) is 0 Å². The molecule has 0 bridgehead atoms. The molecule has 1 heterocycles. The predicted molar refractivity (Wildman–Crippen MR) is 89.9 cm³/mol. The van der Waals surface area contributed by atoms with Crippen LogP contribution in [0.4, 0.5) is 0 Å². The zero-order valence-electron chi connectivity index (χ0n) is 12.6. The van der Waals surface area contributed by atoms with Crippen LogP contribution < -0.4 is 5.32 Å². The van der Waals surface area contributed by atoms with Crippen molar-refractivity contribution < 1.29 is 0 Å². The number of hydrogen-bond acceptors (Lipinski definition) is 4. The Morgan fingerprint density at radius 3 is 2.45 bits per heavy atom. The molecule has 1 N–H and O–H groups in total. The molecule has 0 radical (unpaired) electrons. The van der Waals surface area contributed by atoms with Crippen molar-refractivity contribution in [3.63, 3.8) is 0 Å². The van der Waals surface area contributed by atoms with Gasteiger partial charge in [0.15, 0.2) is 0 Å². The van der Waals surface area contributed by atoms with Gasteiger partial charge in [-0.3, -0.25) is 0 Å². The number of rotatable bonds is 6. The highest BCUT2D eigenvalue weighted by Gasteiger charge is 2.18. The first-order chi connectivity index (χ1) is 9.65. The van der Waals surface area contributed by atoms with Crippen LogP contribution >= 0.6 is 23.1 Å². The van der Waals surface area contributed by atoms with Crippen molar-refractivity contribution >= 4 is 23.1 Å². The molecule has 0 saturated heterocycles. The van der Waals surface area contributed by atoms with Crippen LogP contribution in [0.2, 0.25) is 0 Å². The SMILES string of the molecule is CCCNC(c1ccc(SC)cc1)c1nc(C)c(C)s1. The minimum Gasteiger partial charge on any atom is -0.304 e. The Labute approximate surface area is 130 Å². The lowest BCUT2D eigenvalue weighted by Gasteiger charge is -2.17. The van der Waals surface area contributed by atoms with Gasteiger partial charge in [0.25, 0.3) is 0 Å². The number of hydrogen-bond donors (Lipinski definition) is 1. The molecule has 4 heteroatoms. The van der Waals surface area contributed by atoms with E-state index in [4.69, 9.17) is 4.98 Å². The van der Waals surface area contributed by atoms with Gasteiger partial charge >= 0.3 is 0 Å². The first-order valence-corrected chi connectivity index (χ1v) is 9.01. The monoisotopic (exact) mass is 306 g/mol. The first kappa shape index (κ1) is 15.5. The Morgan fingerprint density at radius 1 is 1.25 bits per heavy atom. The summed E-state index contributed by atoms with van der Waals surface area (Å²) in [6, 6.07) is 9.02. The first-order valence-electron chi connectivity index (χ1n) is 6.97. The van der Waals surface area contributed by atoms with Gasteiger partial charge < -0.3 is 5.32 Å². The van der Waals surface area contributed by atoms with Gasteiger partial charge in [-0.05, 0) is 50.8 Å². The molecule has 1 aromatic carbocycles. The molecule has 108 valence electrons. The fourth-order valence-electron chi connectivity index (χ4n) is 2.05. The molecule has 0 saturated carbocycles. The van der Waals surface area contributed by atoms with E-state index in [0.717, 1.165) is 18.7 Å². The maximum Gasteiger partial charge on any atom is 0.115 e. The lowest BCUT2D eigenvalue weighted by Crippen LogP contribution is -2.23. The largest absolute Gasteiger partial charge is 0.304 e. The van der Waals surface area contributed by atoms with E-state index < -0.39 is 0 Å². The van der Waals surface area contributed by atoms with Crippen molar-refractivity contribution in [2.45, 2.75) is 38.1 Å². The molecule has 1 atom stereocenters. The summed E-state index contributed by atoms with van der Waals surface area (Å²) in [6.45, 7) is 7.43. The summed E-state index contributed by atoms with van der Waals surface area (Å²) in [6.07, 6.45) is 3.23. The van der Waals surface area contributed by atoms with Crippen LogP contribution in [0.25, 0.3) is 0 Å². The molecule has 2 rings (SSSR count). The molecule has 0 fully saturated rings. The Morgan fingerprint density at radius 2 is 1.95 bits per heavy atom. The average molecular weight is 306 g/mol. The van der Waals surface area contributed by atoms with Gasteiger partial charge in [0.2, 0.25) is 0 Å². The zero-order chi connectivity index (χ0) is 14.5. The van der Waals surface area contributed by atoms with Crippen LogP contribution in [-0.2, 0) is 0 Å². The minimum atomic E-state index is 0.211. The predicted octanol–water partition coefficient (Wildman–Crippen LogP) is 4.57. The maximum absolute atomic E-state index is 4.73. The summed E-state index contributed by atoms with van der Waals surface area (Å²) in [7, 11) is 0. The molecule has 0 aliphatic carbocycles. The summed E-state index contributed by atoms with van der Waals surface area (Å²) < 4.78 is 0. The molecule has 1 aromatic heterocycles. The Bertz CT molecular complexity index is 527. The highest BCUT2D eigenvalue weighted by atomic mass is 32.2. The number of nitrogens with zero attached hydrogens (tertiary/aromatic N) is 1. The van der Waals surface area contributed by atoms with Gasteiger partial charge in [-0.25, -0.2) is 4.98 Å². The number of aryl methyl sites for hydroxylation is 2. The van der Waals surface area contributed by atoms with E-state index in [9.17, 15) is 0 Å². The molecule has 0 aliphatic heterocycles. The second-order valence-electron chi connectivity index (χ2n) is 4.85. The third kappa shape index (κ3) is 3.62. The summed E-state index contributed by atoms with van der Waals surface area (Å²) >= 11 is 3.57. The molecule has 0 amide bonds. The highest BCUT2D eigenvalue weighted by molar-refractivity contribution is 7.98. The number of thiazole rings is 1. The highest BCUT2D eigenvalue weighted by Crippen LogP contribution is 2.29. The van der Waals surface area contributed by atoms with E-state index >= 15 is 0 Å². The van der Waals surface area contributed by atoms with Gasteiger partial charge in [0.1, 0.15) is 5.01 Å². The van der Waals surface area contributed by atoms with E-state index in [1.165, 1.54) is 20.3 Å². The molecule has 0 aliphatic rings. The smallest absolute Gasteiger partial charge is 0.115 e. The second kappa shape index (κ2) is 7.25. The summed E-state index contributed by atoms with van der Waals surface area (Å²) in [4.78, 5) is 7.34. The fraction of sp³-hybridized carbons (Fsp3) is 0.438. The van der Waals surface area contributed by atoms with Crippen LogP contribution in [0.5, 0.6) is 0 Å². The third-order valence-corrected chi connectivity index (χ3v) is 5.22. The van der Waals surface area contributed by atoms with E-state index in [1.54, 1.807) is 23.1 Å². The Kier molecular flexibility index (Phi) is 5.64. The quantitative estimate of drug-likeness (QED) is 0.791. The number of nitrogens with one attached hydrogen (secondary N) is 1. The third-order valence-electron chi connectivity index (χ3n) is 3.34. The average Bonchev–Trinajstić information content (AvgIpc) is 2.79. The molecule has 2 nitrogen and oxygen atoms in total. The Balaban J connectivity index is 2.30. The standard InChI is InChI=1S/C16H22N2S2/c1-5-10-17-15(16-18-11(2)12(3)20-16)13-6-8-14(19-4)9-7-13/h6-9,15,17H,5,10H2,1-4H3. The molecule has 1 unspecified atom stereocenters. The van der Waals surface area contributed by atoms with E-state index in [2.05, 4.69) is 56.6 Å². The van der Waals surface area contributed by atoms with E-state index in [-0.39, 0.29) is 6.04 Å². The van der Waals surface area contributed by atoms with Gasteiger partial charge in [-0.15, -0.1) is 23.1 Å². The van der Waals surface area contributed by atoms with Gasteiger partial charge in [0, 0.05) is 9.77 Å². The van der Waals surface area contributed by atoms with Crippen LogP contribution in [-0.4, -0.2) is 17.8 Å². The fourth-order valence-corrected chi connectivity index (χ4v) is 3.49. The lowest BCUT2D eigenvalue weighted by atomic mass is 10.1. The molecule has 0 spiro atoms. The molecule has 2 aromatic rings. The van der Waals surface area contributed by atoms with Crippen molar-refractivity contribution in [3.8, 4) is 0 Å². The van der Waals surface area contributed by atoms with Crippen molar-refractivity contribution in [3.05, 3.63) is 45.4 Å². The van der Waals surface area contributed by atoms with Crippen molar-refractivity contribution in [2.24, 2.45) is 0 Å². The summed E-state index contributed by atoms with van der Waals surface area (Å²) in [5, 5.41) is 4.79. The van der Waals surface area contributed by atoms with E-state index in [0.29, 0.717) is 0 Å². The van der Waals surface area contributed by atoms with Crippen LogP contribution in [0.15, 0.2) is 29.2 Å². The molecular formula is C16H22N2S2. The number of benzene rings is 1. The van der Waals surface area contributed by atoms with Crippen LogP contribution in [0.3, 0.4) is 0 Å². The minimum absolute atomic E-state index is 0.211. The van der Waals surface area contributed by atoms with Gasteiger partial charge in [-0.1, -0.05) is 19.1 Å². The summed E-state index contributed by atoms with van der Waals surface area (Å²) in [5.41, 5.74) is 2.44. The van der Waals surface area contributed by atoms with Gasteiger partial charge in [-0.2, -0.15) is 0 Å². The van der Waals surface area contributed by atoms with Gasteiger partial charge in [0.05, 0.1) is 11.7 Å². The van der Waals surface area contributed by atoms with Crippen molar-refractivity contribution in [1.82, 2.24) is 10.3 Å². The lowest BCUT2D eigenvalue weighted by molar-refractivity contribution is 0.595. The van der Waals surface area contributed by atoms with E-state index in [1.807, 2.05) is 0 Å². The zero-order valence-corrected chi connectivity index (χ0v) is 14.2. The second-order valence-corrected chi connectivity index (χ2v) is 6.97. The molecular weight excluding hydrogens is 284 g/mol. The van der Waals surface area contributed by atoms with Crippen molar-refractivity contribution in [2.75, 3.05) is 12.8 Å². The number of thioether (sulfide) groups is 1. The Hall–Kier alpha value is -0.840. The van der Waals surface area contributed by atoms with Crippen LogP contribution in [0.1, 0.15) is 40.5 Å². The maximum atomic E-state index is 4.73. The number of aromatic nitrogens is 1. The summed E-state index contributed by atoms with van der Waals surface area (Å²) in [5.74, 6) is 0.